The molecule has 0 aromatic heterocycles. The van der Waals surface area contributed by atoms with Crippen LogP contribution in [0.5, 0.6) is 0 Å². The number of hydrogen-bond donors (Lipinski definition) is 0. The molecule has 1 atom stereocenters. The quantitative estimate of drug-likeness (QED) is 0.434. The molecule has 0 saturated heterocycles. The molecular weight excluding hydrogens is 290 g/mol. The van der Waals surface area contributed by atoms with Gasteiger partial charge in [-0.3, -0.25) is 0 Å². The predicted molar refractivity (Wildman–Crippen MR) is 52.1 cm³/mol. The van der Waals surface area contributed by atoms with E-state index in [2.05, 4.69) is 3.63 Å². The summed E-state index contributed by atoms with van der Waals surface area (Å²) in [6, 6.07) is 0. The molecule has 0 aromatic rings. The molecule has 0 saturated carbocycles. The Balaban J connectivity index is 2.81. The van der Waals surface area contributed by atoms with Crippen LogP contribution in [-0.2, 0) is 14.1 Å². The molecule has 0 fully saturated rings. The van der Waals surface area contributed by atoms with Crippen LogP contribution in [0.15, 0.2) is 10.4 Å². The summed E-state index contributed by atoms with van der Waals surface area (Å²) < 4.78 is 37.4. The molecule has 0 radical (unpaired) electrons. The molecule has 1 aliphatic rings. The summed E-state index contributed by atoms with van der Waals surface area (Å²) >= 11 is 1.55. The number of rotatable bonds is 2. The number of thioether (sulfide) groups is 1. The van der Waals surface area contributed by atoms with Crippen molar-refractivity contribution in [2.75, 3.05) is 6.26 Å². The zero-order valence-electron chi connectivity index (χ0n) is 5.89. The first-order valence-corrected chi connectivity index (χ1v) is 8.24. The molecule has 12 heavy (non-hydrogen) atoms. The van der Waals surface area contributed by atoms with Crippen molar-refractivity contribution >= 4 is 51.1 Å². The second-order valence-electron chi connectivity index (χ2n) is 1.60. The molecule has 0 N–H and O–H groups in total. The van der Waals surface area contributed by atoms with Crippen molar-refractivity contribution in [1.29, 1.82) is 0 Å². The standard InChI is InChI=1S/C4H5FO3S3Se/c1-9-4-10(2-3-12-4)8-11(5,6)7/h2-3H,1H3. The van der Waals surface area contributed by atoms with Crippen molar-refractivity contribution in [3.63, 3.8) is 0 Å². The van der Waals surface area contributed by atoms with Gasteiger partial charge in [-0.15, -0.1) is 0 Å². The van der Waals surface area contributed by atoms with E-state index in [9.17, 15) is 12.3 Å². The molecular formula is C4H5FO3S3Se. The van der Waals surface area contributed by atoms with E-state index >= 15 is 0 Å². The van der Waals surface area contributed by atoms with Crippen molar-refractivity contribution in [1.82, 2.24) is 0 Å². The fraction of sp³-hybridized carbons (Fsp3) is 0.250. The molecule has 1 heterocycles. The van der Waals surface area contributed by atoms with Gasteiger partial charge in [0.2, 0.25) is 0 Å². The first kappa shape index (κ1) is 10.7. The van der Waals surface area contributed by atoms with Gasteiger partial charge in [0.15, 0.2) is 0 Å². The fourth-order valence-corrected chi connectivity index (χ4v) is 7.01. The molecule has 0 aromatic carbocycles. The van der Waals surface area contributed by atoms with Crippen molar-refractivity contribution in [2.45, 2.75) is 0 Å². The zero-order chi connectivity index (χ0) is 9.19. The van der Waals surface area contributed by atoms with Gasteiger partial charge in [-0.25, -0.2) is 0 Å². The monoisotopic (exact) mass is 296 g/mol. The van der Waals surface area contributed by atoms with Crippen LogP contribution in [0.1, 0.15) is 0 Å². The maximum absolute atomic E-state index is 12.1. The van der Waals surface area contributed by atoms with Gasteiger partial charge in [-0.1, -0.05) is 0 Å². The first-order valence-electron chi connectivity index (χ1n) is 2.65. The topological polar surface area (TPSA) is 43.4 Å². The van der Waals surface area contributed by atoms with Crippen LogP contribution in [0.4, 0.5) is 3.89 Å². The van der Waals surface area contributed by atoms with Gasteiger partial charge >= 0.3 is 83.7 Å². The fourth-order valence-electron chi connectivity index (χ4n) is 0.505. The Morgan fingerprint density at radius 1 is 1.75 bits per heavy atom. The third kappa shape index (κ3) is 3.20. The Hall–Kier alpha value is 0.669. The van der Waals surface area contributed by atoms with Crippen LogP contribution in [0.3, 0.4) is 0 Å². The molecule has 8 heteroatoms. The second kappa shape index (κ2) is 4.25. The zero-order valence-corrected chi connectivity index (χ0v) is 10.1. The minimum atomic E-state index is -4.81. The molecule has 0 aliphatic carbocycles. The summed E-state index contributed by atoms with van der Waals surface area (Å²) in [4.78, 5) is 1.83. The molecule has 70 valence electrons. The van der Waals surface area contributed by atoms with Crippen LogP contribution in [0.2, 0.25) is 0 Å². The third-order valence-corrected chi connectivity index (χ3v) is 8.55. The molecule has 1 aliphatic heterocycles. The van der Waals surface area contributed by atoms with Crippen molar-refractivity contribution in [2.24, 2.45) is 0 Å². The Kier molecular flexibility index (Phi) is 3.81. The second-order valence-corrected chi connectivity index (χ2v) is 8.37. The van der Waals surface area contributed by atoms with E-state index in [0.717, 1.165) is 3.10 Å². The van der Waals surface area contributed by atoms with Crippen LogP contribution in [0.25, 0.3) is 0 Å². The molecule has 3 nitrogen and oxygen atoms in total. The van der Waals surface area contributed by atoms with Crippen LogP contribution < -0.4 is 0 Å². The maximum atomic E-state index is 12.1. The SMILES string of the molecule is CSC1=S(OS(=O)(=O)F)C=C[Se]1. The van der Waals surface area contributed by atoms with Crippen molar-refractivity contribution < 1.29 is 15.9 Å². The van der Waals surface area contributed by atoms with Crippen LogP contribution in [-0.4, -0.2) is 32.7 Å². The Morgan fingerprint density at radius 2 is 2.42 bits per heavy atom. The summed E-state index contributed by atoms with van der Waals surface area (Å²) in [6.07, 6.45) is 1.82. The Bertz CT molecular complexity index is 333. The number of halogens is 1. The molecule has 0 amide bonds. The van der Waals surface area contributed by atoms with Gasteiger partial charge < -0.3 is 0 Å². The summed E-state index contributed by atoms with van der Waals surface area (Å²) in [5, 5.41) is 1.59. The van der Waals surface area contributed by atoms with Crippen LogP contribution >= 0.6 is 22.5 Å². The van der Waals surface area contributed by atoms with Gasteiger partial charge in [0.1, 0.15) is 0 Å². The average Bonchev–Trinajstić information content (AvgIpc) is 2.31. The van der Waals surface area contributed by atoms with Crippen molar-refractivity contribution in [3.8, 4) is 0 Å². The van der Waals surface area contributed by atoms with Gasteiger partial charge in [0.05, 0.1) is 0 Å². The number of hydrogen-bond acceptors (Lipinski definition) is 4. The van der Waals surface area contributed by atoms with E-state index in [0.29, 0.717) is 0 Å². The van der Waals surface area contributed by atoms with Gasteiger partial charge in [-0.2, -0.15) is 0 Å². The predicted octanol–water partition coefficient (Wildman–Crippen LogP) is 1.04. The summed E-state index contributed by atoms with van der Waals surface area (Å²) in [5.41, 5.74) is 0. The summed E-state index contributed by atoms with van der Waals surface area (Å²) in [5.74, 6) is 0. The van der Waals surface area contributed by atoms with Crippen molar-refractivity contribution in [3.05, 3.63) is 10.4 Å². The average molecular weight is 295 g/mol. The van der Waals surface area contributed by atoms with Gasteiger partial charge in [0, 0.05) is 0 Å². The van der Waals surface area contributed by atoms with E-state index in [1.807, 2.05) is 11.2 Å². The van der Waals surface area contributed by atoms with E-state index in [4.69, 9.17) is 0 Å². The summed E-state index contributed by atoms with van der Waals surface area (Å²) in [6.45, 7) is 0. The molecule has 0 bridgehead atoms. The first-order chi connectivity index (χ1) is 5.53. The Morgan fingerprint density at radius 3 is 2.92 bits per heavy atom. The van der Waals surface area contributed by atoms with E-state index < -0.39 is 21.3 Å². The molecule has 1 unspecified atom stereocenters. The third-order valence-electron chi connectivity index (χ3n) is 0.829. The van der Waals surface area contributed by atoms with Gasteiger partial charge in [-0.05, 0) is 0 Å². The molecule has 1 rings (SSSR count). The van der Waals surface area contributed by atoms with E-state index in [-0.39, 0.29) is 15.0 Å². The Labute approximate surface area is 83.5 Å². The van der Waals surface area contributed by atoms with E-state index in [1.54, 1.807) is 5.41 Å². The molecule has 0 spiro atoms. The van der Waals surface area contributed by atoms with Gasteiger partial charge in [0.25, 0.3) is 0 Å². The van der Waals surface area contributed by atoms with Crippen LogP contribution in [0, 0.1) is 0 Å². The summed E-state index contributed by atoms with van der Waals surface area (Å²) in [7, 11) is -5.78. The normalized spacial score (nSPS) is 23.5. The minimum absolute atomic E-state index is 0.132. The van der Waals surface area contributed by atoms with E-state index in [1.165, 1.54) is 11.8 Å².